The molecular weight excluding hydrogens is 338 g/mol. The van der Waals surface area contributed by atoms with E-state index in [9.17, 15) is 0 Å². The molecule has 2 N–H and O–H groups in total. The number of nitrogens with one attached hydrogen (secondary N) is 2. The quantitative estimate of drug-likeness (QED) is 0.403. The lowest BCUT2D eigenvalue weighted by Gasteiger charge is -2.13. The van der Waals surface area contributed by atoms with Gasteiger partial charge in [-0.3, -0.25) is 4.99 Å². The van der Waals surface area contributed by atoms with Gasteiger partial charge >= 0.3 is 0 Å². The van der Waals surface area contributed by atoms with Crippen LogP contribution in [0.3, 0.4) is 0 Å². The Bertz CT molecular complexity index is 675. The molecule has 2 heterocycles. The molecule has 0 aromatic carbocycles. The van der Waals surface area contributed by atoms with Crippen LogP contribution in [0.15, 0.2) is 29.5 Å². The maximum atomic E-state index is 5.64. The van der Waals surface area contributed by atoms with Crippen molar-refractivity contribution in [3.63, 3.8) is 0 Å². The number of aryl methyl sites for hydroxylation is 1. The van der Waals surface area contributed by atoms with Crippen LogP contribution in [0.5, 0.6) is 5.88 Å². The number of rotatable bonds is 9. The van der Waals surface area contributed by atoms with Gasteiger partial charge in [-0.1, -0.05) is 13.0 Å². The van der Waals surface area contributed by atoms with Crippen molar-refractivity contribution in [1.29, 1.82) is 0 Å². The normalized spacial score (nSPS) is 11.4. The van der Waals surface area contributed by atoms with E-state index in [1.165, 1.54) is 4.88 Å². The second-order valence-corrected chi connectivity index (χ2v) is 6.36. The molecule has 0 aliphatic heterocycles. The Morgan fingerprint density at radius 3 is 2.80 bits per heavy atom. The van der Waals surface area contributed by atoms with Crippen molar-refractivity contribution in [2.75, 3.05) is 27.4 Å². The van der Waals surface area contributed by atoms with Crippen LogP contribution in [0.1, 0.15) is 22.4 Å². The van der Waals surface area contributed by atoms with E-state index in [0.717, 1.165) is 17.0 Å². The van der Waals surface area contributed by atoms with Gasteiger partial charge in [0.25, 0.3) is 0 Å². The van der Waals surface area contributed by atoms with Gasteiger partial charge in [0, 0.05) is 43.5 Å². The molecule has 0 atom stereocenters. The fraction of sp³-hybridized carbons (Fsp3) is 0.471. The Labute approximate surface area is 152 Å². The summed E-state index contributed by atoms with van der Waals surface area (Å²) in [6, 6.07) is 3.86. The summed E-state index contributed by atoms with van der Waals surface area (Å²) in [6.45, 7) is 4.34. The molecule has 0 aliphatic carbocycles. The van der Waals surface area contributed by atoms with Crippen molar-refractivity contribution < 1.29 is 9.47 Å². The van der Waals surface area contributed by atoms with Crippen LogP contribution in [-0.4, -0.2) is 43.3 Å². The van der Waals surface area contributed by atoms with E-state index in [4.69, 9.17) is 9.47 Å². The minimum Gasteiger partial charge on any atom is -0.475 e. The zero-order valence-electron chi connectivity index (χ0n) is 14.9. The summed E-state index contributed by atoms with van der Waals surface area (Å²) in [5.41, 5.74) is 0.962. The second-order valence-electron chi connectivity index (χ2n) is 5.16. The Morgan fingerprint density at radius 1 is 1.24 bits per heavy atom. The minimum absolute atomic E-state index is 0.470. The number of ether oxygens (including phenoxy) is 2. The Hall–Kier alpha value is -2.19. The summed E-state index contributed by atoms with van der Waals surface area (Å²) in [7, 11) is 3.39. The third-order valence-corrected chi connectivity index (χ3v) is 4.54. The molecule has 0 aliphatic rings. The topological polar surface area (TPSA) is 80.7 Å². The van der Waals surface area contributed by atoms with Gasteiger partial charge in [-0.15, -0.1) is 11.3 Å². The molecule has 0 saturated carbocycles. The number of hydrogen-bond acceptors (Lipinski definition) is 6. The first-order chi connectivity index (χ1) is 12.3. The van der Waals surface area contributed by atoms with Gasteiger partial charge in [0.1, 0.15) is 11.6 Å². The smallest absolute Gasteiger partial charge is 0.218 e. The second kappa shape index (κ2) is 10.6. The van der Waals surface area contributed by atoms with Crippen molar-refractivity contribution in [2.24, 2.45) is 4.99 Å². The first-order valence-corrected chi connectivity index (χ1v) is 9.02. The van der Waals surface area contributed by atoms with Crippen molar-refractivity contribution in [1.82, 2.24) is 20.6 Å². The first-order valence-electron chi connectivity index (χ1n) is 8.20. The van der Waals surface area contributed by atoms with E-state index >= 15 is 0 Å². The molecule has 0 saturated heterocycles. The molecule has 25 heavy (non-hydrogen) atoms. The lowest BCUT2D eigenvalue weighted by molar-refractivity contribution is 0.143. The lowest BCUT2D eigenvalue weighted by atomic mass is 10.2. The van der Waals surface area contributed by atoms with Crippen LogP contribution in [0, 0.1) is 0 Å². The molecule has 136 valence electrons. The van der Waals surface area contributed by atoms with Crippen LogP contribution in [0.25, 0.3) is 0 Å². The van der Waals surface area contributed by atoms with Crippen molar-refractivity contribution in [2.45, 2.75) is 26.4 Å². The SMILES string of the molecule is CCc1cnc(CNC(=NC)NCc2cccnc2OCCOC)s1. The molecule has 0 fully saturated rings. The fourth-order valence-corrected chi connectivity index (χ4v) is 2.86. The van der Waals surface area contributed by atoms with Gasteiger partial charge in [0.2, 0.25) is 5.88 Å². The van der Waals surface area contributed by atoms with Gasteiger partial charge in [-0.25, -0.2) is 9.97 Å². The van der Waals surface area contributed by atoms with Crippen molar-refractivity contribution in [3.05, 3.63) is 40.0 Å². The van der Waals surface area contributed by atoms with Crippen LogP contribution in [0.2, 0.25) is 0 Å². The van der Waals surface area contributed by atoms with Crippen LogP contribution >= 0.6 is 11.3 Å². The maximum absolute atomic E-state index is 5.64. The van der Waals surface area contributed by atoms with Crippen molar-refractivity contribution in [3.8, 4) is 5.88 Å². The summed E-state index contributed by atoms with van der Waals surface area (Å²) in [6.07, 6.45) is 4.65. The highest BCUT2D eigenvalue weighted by Gasteiger charge is 2.07. The molecule has 0 spiro atoms. The summed E-state index contributed by atoms with van der Waals surface area (Å²) in [4.78, 5) is 14.2. The molecule has 0 bridgehead atoms. The largest absolute Gasteiger partial charge is 0.475 e. The average molecular weight is 363 g/mol. The van der Waals surface area contributed by atoms with E-state index in [-0.39, 0.29) is 0 Å². The minimum atomic E-state index is 0.470. The molecule has 0 unspecified atom stereocenters. The lowest BCUT2D eigenvalue weighted by Crippen LogP contribution is -2.36. The summed E-state index contributed by atoms with van der Waals surface area (Å²) < 4.78 is 10.6. The molecule has 0 amide bonds. The van der Waals surface area contributed by atoms with E-state index < -0.39 is 0 Å². The molecule has 0 radical (unpaired) electrons. The van der Waals surface area contributed by atoms with Crippen LogP contribution < -0.4 is 15.4 Å². The Kier molecular flexibility index (Phi) is 8.14. The average Bonchev–Trinajstić information content (AvgIpc) is 3.11. The number of aromatic nitrogens is 2. The van der Waals surface area contributed by atoms with E-state index in [0.29, 0.717) is 38.1 Å². The predicted molar refractivity (Wildman–Crippen MR) is 100 cm³/mol. The van der Waals surface area contributed by atoms with E-state index in [1.54, 1.807) is 31.7 Å². The maximum Gasteiger partial charge on any atom is 0.218 e. The third-order valence-electron chi connectivity index (χ3n) is 3.40. The van der Waals surface area contributed by atoms with Crippen molar-refractivity contribution >= 4 is 17.3 Å². The number of pyridine rings is 1. The Morgan fingerprint density at radius 2 is 2.08 bits per heavy atom. The zero-order valence-corrected chi connectivity index (χ0v) is 15.7. The van der Waals surface area contributed by atoms with Crippen LogP contribution in [0.4, 0.5) is 0 Å². The molecule has 8 heteroatoms. The van der Waals surface area contributed by atoms with Gasteiger partial charge in [-0.05, 0) is 12.5 Å². The fourth-order valence-electron chi connectivity index (χ4n) is 2.06. The number of aliphatic imine (C=N–C) groups is 1. The first kappa shape index (κ1) is 19.1. The van der Waals surface area contributed by atoms with Gasteiger partial charge < -0.3 is 20.1 Å². The van der Waals surface area contributed by atoms with Gasteiger partial charge in [0.05, 0.1) is 13.2 Å². The molecule has 7 nitrogen and oxygen atoms in total. The summed E-state index contributed by atoms with van der Waals surface area (Å²) >= 11 is 1.72. The zero-order chi connectivity index (χ0) is 17.9. The highest BCUT2D eigenvalue weighted by molar-refractivity contribution is 7.11. The molecular formula is C17H25N5O2S. The molecule has 2 aromatic heterocycles. The predicted octanol–water partition coefficient (Wildman–Crippen LogP) is 1.99. The van der Waals surface area contributed by atoms with Gasteiger partial charge in [0.15, 0.2) is 5.96 Å². The number of guanidine groups is 1. The third kappa shape index (κ3) is 6.32. The van der Waals surface area contributed by atoms with E-state index in [1.807, 2.05) is 18.3 Å². The molecule has 2 rings (SSSR count). The highest BCUT2D eigenvalue weighted by atomic mass is 32.1. The summed E-state index contributed by atoms with van der Waals surface area (Å²) in [5.74, 6) is 1.31. The van der Waals surface area contributed by atoms with E-state index in [2.05, 4.69) is 32.5 Å². The van der Waals surface area contributed by atoms with Crippen LogP contribution in [-0.2, 0) is 24.2 Å². The Balaban J connectivity index is 1.85. The molecule has 2 aromatic rings. The monoisotopic (exact) mass is 363 g/mol. The number of hydrogen-bond donors (Lipinski definition) is 2. The summed E-state index contributed by atoms with van der Waals surface area (Å²) in [5, 5.41) is 7.59. The van der Waals surface area contributed by atoms with Gasteiger partial charge in [-0.2, -0.15) is 0 Å². The number of methoxy groups -OCH3 is 1. The standard InChI is InChI=1S/C17H25N5O2S/c1-4-14-11-20-15(25-14)12-22-17(18-2)21-10-13-6-5-7-19-16(13)24-9-8-23-3/h5-7,11H,4,8-10,12H2,1-3H3,(H2,18,21,22). The number of nitrogens with zero attached hydrogens (tertiary/aromatic N) is 3. The number of thiazole rings is 1. The highest BCUT2D eigenvalue weighted by Crippen LogP contribution is 2.14.